The highest BCUT2D eigenvalue weighted by Crippen LogP contribution is 2.33. The summed E-state index contributed by atoms with van der Waals surface area (Å²) in [5.41, 5.74) is 0.273. The zero-order chi connectivity index (χ0) is 18.6. The fourth-order valence-corrected chi connectivity index (χ4v) is 3.89. The van der Waals surface area contributed by atoms with Crippen molar-refractivity contribution >= 4 is 39.1 Å². The number of hydrogen-bond donors (Lipinski definition) is 1. The Labute approximate surface area is 162 Å². The SMILES string of the molecule is CSc1ccc(S(=O)(=O)Nc2cc(Cl)ccc2Oc2ccccc2)cc1. The number of ether oxygens (including phenoxy) is 1. The van der Waals surface area contributed by atoms with Gasteiger partial charge in [0.05, 0.1) is 10.6 Å². The molecule has 3 aromatic carbocycles. The van der Waals surface area contributed by atoms with E-state index < -0.39 is 10.0 Å². The van der Waals surface area contributed by atoms with E-state index in [1.165, 1.54) is 6.07 Å². The van der Waals surface area contributed by atoms with Crippen LogP contribution in [-0.2, 0) is 10.0 Å². The summed E-state index contributed by atoms with van der Waals surface area (Å²) in [5.74, 6) is 0.963. The van der Waals surface area contributed by atoms with E-state index in [0.717, 1.165) is 4.90 Å². The van der Waals surface area contributed by atoms with Crippen LogP contribution in [0.15, 0.2) is 82.6 Å². The zero-order valence-electron chi connectivity index (χ0n) is 13.8. The van der Waals surface area contributed by atoms with E-state index >= 15 is 0 Å². The van der Waals surface area contributed by atoms with Crippen molar-refractivity contribution in [2.45, 2.75) is 9.79 Å². The second-order valence-electron chi connectivity index (χ2n) is 5.34. The first kappa shape index (κ1) is 18.6. The molecule has 0 unspecified atom stereocenters. The van der Waals surface area contributed by atoms with Crippen molar-refractivity contribution in [2.75, 3.05) is 11.0 Å². The second-order valence-corrected chi connectivity index (χ2v) is 8.34. The molecular formula is C19H16ClNO3S2. The minimum Gasteiger partial charge on any atom is -0.455 e. The van der Waals surface area contributed by atoms with Crippen LogP contribution < -0.4 is 9.46 Å². The van der Waals surface area contributed by atoms with Crippen molar-refractivity contribution in [1.82, 2.24) is 0 Å². The third-order valence-electron chi connectivity index (χ3n) is 3.53. The fourth-order valence-electron chi connectivity index (χ4n) is 2.25. The van der Waals surface area contributed by atoms with E-state index in [-0.39, 0.29) is 10.6 Å². The van der Waals surface area contributed by atoms with E-state index in [2.05, 4.69) is 4.72 Å². The lowest BCUT2D eigenvalue weighted by Crippen LogP contribution is -2.13. The van der Waals surface area contributed by atoms with Gasteiger partial charge in [-0.05, 0) is 60.9 Å². The highest BCUT2D eigenvalue weighted by molar-refractivity contribution is 7.98. The van der Waals surface area contributed by atoms with Gasteiger partial charge in [0.25, 0.3) is 10.0 Å². The van der Waals surface area contributed by atoms with Crippen molar-refractivity contribution in [3.8, 4) is 11.5 Å². The Bertz CT molecular complexity index is 991. The lowest BCUT2D eigenvalue weighted by atomic mass is 10.3. The summed E-state index contributed by atoms with van der Waals surface area (Å²) in [7, 11) is -3.77. The van der Waals surface area contributed by atoms with Gasteiger partial charge in [-0.1, -0.05) is 29.8 Å². The topological polar surface area (TPSA) is 55.4 Å². The van der Waals surface area contributed by atoms with Crippen LogP contribution in [0.2, 0.25) is 5.02 Å². The van der Waals surface area contributed by atoms with Crippen LogP contribution in [0.25, 0.3) is 0 Å². The Balaban J connectivity index is 1.91. The fraction of sp³-hybridized carbons (Fsp3) is 0.0526. The van der Waals surface area contributed by atoms with Crippen LogP contribution in [-0.4, -0.2) is 14.7 Å². The number of halogens is 1. The Kier molecular flexibility index (Phi) is 5.76. The number of thioether (sulfide) groups is 1. The molecule has 134 valence electrons. The van der Waals surface area contributed by atoms with Crippen molar-refractivity contribution in [3.63, 3.8) is 0 Å². The molecule has 26 heavy (non-hydrogen) atoms. The lowest BCUT2D eigenvalue weighted by molar-refractivity contribution is 0.485. The molecule has 0 bridgehead atoms. The van der Waals surface area contributed by atoms with Crippen LogP contribution in [0, 0.1) is 0 Å². The Morgan fingerprint density at radius 2 is 1.65 bits per heavy atom. The summed E-state index contributed by atoms with van der Waals surface area (Å²) >= 11 is 7.59. The number of nitrogens with one attached hydrogen (secondary N) is 1. The summed E-state index contributed by atoms with van der Waals surface area (Å²) in [5, 5.41) is 0.404. The third-order valence-corrected chi connectivity index (χ3v) is 5.89. The standard InChI is InChI=1S/C19H16ClNO3S2/c1-25-16-8-10-17(11-9-16)26(22,23)21-18-13-14(20)7-12-19(18)24-15-5-3-2-4-6-15/h2-13,21H,1H3. The minimum atomic E-state index is -3.77. The number of rotatable bonds is 6. The van der Waals surface area contributed by atoms with Gasteiger partial charge in [0.1, 0.15) is 5.75 Å². The van der Waals surface area contributed by atoms with E-state index in [9.17, 15) is 8.42 Å². The molecule has 0 saturated carbocycles. The molecule has 0 radical (unpaired) electrons. The van der Waals surface area contributed by atoms with Crippen molar-refractivity contribution in [2.24, 2.45) is 0 Å². The third kappa shape index (κ3) is 4.52. The first-order valence-electron chi connectivity index (χ1n) is 7.67. The van der Waals surface area contributed by atoms with Gasteiger partial charge in [-0.25, -0.2) is 8.42 Å². The zero-order valence-corrected chi connectivity index (χ0v) is 16.2. The molecule has 0 aliphatic heterocycles. The molecule has 0 aliphatic rings. The van der Waals surface area contributed by atoms with Crippen molar-refractivity contribution < 1.29 is 13.2 Å². The molecule has 0 heterocycles. The highest BCUT2D eigenvalue weighted by Gasteiger charge is 2.17. The van der Waals surface area contributed by atoms with Crippen molar-refractivity contribution in [1.29, 1.82) is 0 Å². The van der Waals surface area contributed by atoms with Crippen LogP contribution in [0.3, 0.4) is 0 Å². The summed E-state index contributed by atoms with van der Waals surface area (Å²) in [6.45, 7) is 0. The smallest absolute Gasteiger partial charge is 0.262 e. The van der Waals surface area contributed by atoms with Gasteiger partial charge < -0.3 is 4.74 Å². The number of benzene rings is 3. The molecule has 0 saturated heterocycles. The van der Waals surface area contributed by atoms with E-state index in [4.69, 9.17) is 16.3 Å². The summed E-state index contributed by atoms with van der Waals surface area (Å²) in [4.78, 5) is 1.15. The number of anilines is 1. The maximum Gasteiger partial charge on any atom is 0.262 e. The Hall–Kier alpha value is -2.15. The molecule has 3 rings (SSSR count). The average molecular weight is 406 g/mol. The van der Waals surface area contributed by atoms with Gasteiger partial charge in [0.15, 0.2) is 5.75 Å². The predicted molar refractivity (Wildman–Crippen MR) is 107 cm³/mol. The van der Waals surface area contributed by atoms with Crippen LogP contribution >= 0.6 is 23.4 Å². The molecule has 0 spiro atoms. The van der Waals surface area contributed by atoms with E-state index in [1.54, 1.807) is 60.3 Å². The van der Waals surface area contributed by atoms with Crippen LogP contribution in [0.4, 0.5) is 5.69 Å². The van der Waals surface area contributed by atoms with Crippen LogP contribution in [0.1, 0.15) is 0 Å². The van der Waals surface area contributed by atoms with Gasteiger partial charge in [-0.2, -0.15) is 0 Å². The highest BCUT2D eigenvalue weighted by atomic mass is 35.5. The predicted octanol–water partition coefficient (Wildman–Crippen LogP) is 5.66. The van der Waals surface area contributed by atoms with Gasteiger partial charge in [-0.15, -0.1) is 11.8 Å². The van der Waals surface area contributed by atoms with Gasteiger partial charge >= 0.3 is 0 Å². The number of hydrogen-bond acceptors (Lipinski definition) is 4. The van der Waals surface area contributed by atoms with Gasteiger partial charge in [-0.3, -0.25) is 4.72 Å². The van der Waals surface area contributed by atoms with Gasteiger partial charge in [0, 0.05) is 9.92 Å². The lowest BCUT2D eigenvalue weighted by Gasteiger charge is -2.14. The minimum absolute atomic E-state index is 0.168. The monoisotopic (exact) mass is 405 g/mol. The van der Waals surface area contributed by atoms with Gasteiger partial charge in [0.2, 0.25) is 0 Å². The molecule has 7 heteroatoms. The summed E-state index contributed by atoms with van der Waals surface area (Å²) in [6, 6.07) is 20.6. The normalized spacial score (nSPS) is 11.2. The first-order valence-corrected chi connectivity index (χ1v) is 10.8. The Morgan fingerprint density at radius 3 is 2.31 bits per heavy atom. The molecule has 0 aromatic heterocycles. The average Bonchev–Trinajstić information content (AvgIpc) is 2.64. The van der Waals surface area contributed by atoms with E-state index in [1.807, 2.05) is 24.5 Å². The molecule has 0 aliphatic carbocycles. The molecule has 3 aromatic rings. The molecule has 0 atom stereocenters. The molecular weight excluding hydrogens is 390 g/mol. The second kappa shape index (κ2) is 8.03. The van der Waals surface area contributed by atoms with Crippen LogP contribution in [0.5, 0.6) is 11.5 Å². The number of para-hydroxylation sites is 1. The quantitative estimate of drug-likeness (QED) is 0.538. The first-order chi connectivity index (χ1) is 12.5. The van der Waals surface area contributed by atoms with E-state index in [0.29, 0.717) is 16.5 Å². The summed E-state index contributed by atoms with van der Waals surface area (Å²) < 4.78 is 33.8. The van der Waals surface area contributed by atoms with Crippen molar-refractivity contribution in [3.05, 3.63) is 77.8 Å². The number of sulfonamides is 1. The maximum atomic E-state index is 12.7. The molecule has 0 amide bonds. The summed E-state index contributed by atoms with van der Waals surface area (Å²) in [6.07, 6.45) is 1.93. The largest absolute Gasteiger partial charge is 0.455 e. The Morgan fingerprint density at radius 1 is 0.962 bits per heavy atom. The molecule has 0 fully saturated rings. The molecule has 4 nitrogen and oxygen atoms in total. The maximum absolute atomic E-state index is 12.7. The molecule has 1 N–H and O–H groups in total.